The first-order valence-corrected chi connectivity index (χ1v) is 7.70. The van der Waals surface area contributed by atoms with Crippen LogP contribution >= 0.6 is 0 Å². The van der Waals surface area contributed by atoms with Crippen LogP contribution in [0.3, 0.4) is 0 Å². The first-order chi connectivity index (χ1) is 11.3. The molecular formula is C18H21FN2O3. The number of hydrogen-bond acceptors (Lipinski definition) is 3. The Hall–Kier alpha value is -2.63. The Kier molecular flexibility index (Phi) is 5.39. The number of ether oxygens (including phenoxy) is 1. The van der Waals surface area contributed by atoms with Crippen molar-refractivity contribution in [2.75, 3.05) is 11.9 Å². The van der Waals surface area contributed by atoms with Gasteiger partial charge in [-0.1, -0.05) is 0 Å². The number of nitrogens with one attached hydrogen (secondary N) is 1. The molecule has 0 radical (unpaired) electrons. The number of halogens is 1. The summed E-state index contributed by atoms with van der Waals surface area (Å²) in [5.74, 6) is -1.41. The number of anilines is 1. The van der Waals surface area contributed by atoms with Crippen LogP contribution in [-0.2, 0) is 9.53 Å². The van der Waals surface area contributed by atoms with Gasteiger partial charge in [0.05, 0.1) is 5.56 Å². The molecule has 0 atom stereocenters. The van der Waals surface area contributed by atoms with Gasteiger partial charge in [-0.25, -0.2) is 9.18 Å². The summed E-state index contributed by atoms with van der Waals surface area (Å²) >= 11 is 0. The van der Waals surface area contributed by atoms with E-state index in [0.29, 0.717) is 11.3 Å². The Morgan fingerprint density at radius 3 is 2.38 bits per heavy atom. The van der Waals surface area contributed by atoms with E-state index in [1.807, 2.05) is 32.3 Å². The molecule has 1 N–H and O–H groups in total. The fourth-order valence-electron chi connectivity index (χ4n) is 2.72. The second-order valence-electron chi connectivity index (χ2n) is 5.88. The van der Waals surface area contributed by atoms with Gasteiger partial charge >= 0.3 is 5.97 Å². The zero-order valence-electron chi connectivity index (χ0n) is 14.2. The smallest absolute Gasteiger partial charge is 0.340 e. The summed E-state index contributed by atoms with van der Waals surface area (Å²) in [6, 6.07) is 7.34. The van der Waals surface area contributed by atoms with E-state index < -0.39 is 18.5 Å². The third-order valence-corrected chi connectivity index (χ3v) is 3.68. The second kappa shape index (κ2) is 7.29. The van der Waals surface area contributed by atoms with E-state index in [4.69, 9.17) is 4.74 Å². The van der Waals surface area contributed by atoms with Crippen LogP contribution in [0.2, 0.25) is 0 Å². The van der Waals surface area contributed by atoms with Crippen molar-refractivity contribution in [2.45, 2.75) is 33.7 Å². The molecule has 0 unspecified atom stereocenters. The predicted molar refractivity (Wildman–Crippen MR) is 89.6 cm³/mol. The predicted octanol–water partition coefficient (Wildman–Crippen LogP) is 3.62. The molecule has 1 aromatic heterocycles. The number of nitrogens with zero attached hydrogens (tertiary/aromatic N) is 1. The van der Waals surface area contributed by atoms with Crippen molar-refractivity contribution in [3.8, 4) is 0 Å². The fourth-order valence-corrected chi connectivity index (χ4v) is 2.72. The van der Waals surface area contributed by atoms with Gasteiger partial charge in [-0.2, -0.15) is 0 Å². The number of benzene rings is 1. The van der Waals surface area contributed by atoms with Crippen LogP contribution in [0.25, 0.3) is 0 Å². The summed E-state index contributed by atoms with van der Waals surface area (Å²) in [5, 5.41) is 2.54. The minimum Gasteiger partial charge on any atom is -0.452 e. The minimum atomic E-state index is -0.538. The Labute approximate surface area is 140 Å². The lowest BCUT2D eigenvalue weighted by Gasteiger charge is -2.13. The summed E-state index contributed by atoms with van der Waals surface area (Å²) in [4.78, 5) is 24.0. The zero-order valence-corrected chi connectivity index (χ0v) is 14.2. The van der Waals surface area contributed by atoms with Gasteiger partial charge in [0.15, 0.2) is 6.61 Å². The molecule has 1 heterocycles. The molecule has 0 aliphatic rings. The lowest BCUT2D eigenvalue weighted by Crippen LogP contribution is -2.21. The van der Waals surface area contributed by atoms with Gasteiger partial charge in [-0.15, -0.1) is 0 Å². The zero-order chi connectivity index (χ0) is 17.9. The molecule has 0 fully saturated rings. The highest BCUT2D eigenvalue weighted by Crippen LogP contribution is 2.20. The molecule has 128 valence electrons. The van der Waals surface area contributed by atoms with Crippen LogP contribution in [0, 0.1) is 19.7 Å². The van der Waals surface area contributed by atoms with Crippen molar-refractivity contribution in [1.29, 1.82) is 0 Å². The monoisotopic (exact) mass is 332 g/mol. The lowest BCUT2D eigenvalue weighted by molar-refractivity contribution is -0.119. The third-order valence-electron chi connectivity index (χ3n) is 3.68. The SMILES string of the molecule is Cc1cc(C(=O)OCC(=O)Nc2ccc(F)cc2)c(C)n1C(C)C. The van der Waals surface area contributed by atoms with E-state index in [-0.39, 0.29) is 11.9 Å². The molecule has 0 aliphatic carbocycles. The van der Waals surface area contributed by atoms with E-state index >= 15 is 0 Å². The molecule has 0 bridgehead atoms. The highest BCUT2D eigenvalue weighted by atomic mass is 19.1. The van der Waals surface area contributed by atoms with E-state index in [1.165, 1.54) is 24.3 Å². The van der Waals surface area contributed by atoms with E-state index in [1.54, 1.807) is 6.07 Å². The second-order valence-corrected chi connectivity index (χ2v) is 5.88. The molecular weight excluding hydrogens is 311 g/mol. The molecule has 5 nitrogen and oxygen atoms in total. The molecule has 0 saturated carbocycles. The van der Waals surface area contributed by atoms with Gasteiger partial charge in [0.1, 0.15) is 5.82 Å². The first kappa shape index (κ1) is 17.7. The summed E-state index contributed by atoms with van der Waals surface area (Å²) in [6.07, 6.45) is 0. The Balaban J connectivity index is 1.97. The third kappa shape index (κ3) is 4.01. The van der Waals surface area contributed by atoms with Gasteiger partial charge in [0.2, 0.25) is 0 Å². The largest absolute Gasteiger partial charge is 0.452 e. The highest BCUT2D eigenvalue weighted by molar-refractivity contribution is 5.96. The van der Waals surface area contributed by atoms with Crippen LogP contribution in [-0.4, -0.2) is 23.1 Å². The highest BCUT2D eigenvalue weighted by Gasteiger charge is 2.19. The van der Waals surface area contributed by atoms with Crippen LogP contribution < -0.4 is 5.32 Å². The lowest BCUT2D eigenvalue weighted by atomic mass is 10.2. The van der Waals surface area contributed by atoms with E-state index in [2.05, 4.69) is 5.32 Å². The summed E-state index contributed by atoms with van der Waals surface area (Å²) < 4.78 is 19.9. The van der Waals surface area contributed by atoms with Crippen molar-refractivity contribution in [3.63, 3.8) is 0 Å². The quantitative estimate of drug-likeness (QED) is 0.851. The van der Waals surface area contributed by atoms with Crippen molar-refractivity contribution in [1.82, 2.24) is 4.57 Å². The minimum absolute atomic E-state index is 0.230. The molecule has 6 heteroatoms. The normalized spacial score (nSPS) is 10.8. The number of carbonyl (C=O) groups is 2. The fraction of sp³-hybridized carbons (Fsp3) is 0.333. The van der Waals surface area contributed by atoms with Crippen molar-refractivity contribution in [3.05, 3.63) is 53.1 Å². The van der Waals surface area contributed by atoms with Gasteiger partial charge in [-0.05, 0) is 58.0 Å². The number of rotatable bonds is 5. The maximum Gasteiger partial charge on any atom is 0.340 e. The topological polar surface area (TPSA) is 60.3 Å². The molecule has 0 saturated heterocycles. The van der Waals surface area contributed by atoms with Crippen molar-refractivity contribution in [2.24, 2.45) is 0 Å². The van der Waals surface area contributed by atoms with Gasteiger partial charge in [-0.3, -0.25) is 4.79 Å². The first-order valence-electron chi connectivity index (χ1n) is 7.70. The molecule has 1 amide bonds. The maximum atomic E-state index is 12.8. The van der Waals surface area contributed by atoms with Gasteiger partial charge < -0.3 is 14.6 Å². The van der Waals surface area contributed by atoms with Gasteiger partial charge in [0.25, 0.3) is 5.91 Å². The van der Waals surface area contributed by atoms with E-state index in [0.717, 1.165) is 11.4 Å². The molecule has 0 aliphatic heterocycles. The molecule has 2 rings (SSSR count). The number of amides is 1. The number of esters is 1. The number of carbonyl (C=O) groups excluding carboxylic acids is 2. The van der Waals surface area contributed by atoms with Crippen LogP contribution in [0.4, 0.5) is 10.1 Å². The summed E-state index contributed by atoms with van der Waals surface area (Å²) in [6.45, 7) is 7.44. The molecule has 24 heavy (non-hydrogen) atoms. The van der Waals surface area contributed by atoms with Crippen LogP contribution in [0.15, 0.2) is 30.3 Å². The molecule has 2 aromatic rings. The summed E-state index contributed by atoms with van der Waals surface area (Å²) in [7, 11) is 0. The number of hydrogen-bond donors (Lipinski definition) is 1. The Morgan fingerprint density at radius 2 is 1.83 bits per heavy atom. The van der Waals surface area contributed by atoms with Gasteiger partial charge in [0, 0.05) is 23.1 Å². The Bertz CT molecular complexity index is 748. The number of aryl methyl sites for hydroxylation is 1. The van der Waals surface area contributed by atoms with Crippen LogP contribution in [0.5, 0.6) is 0 Å². The number of aromatic nitrogens is 1. The molecule has 0 spiro atoms. The summed E-state index contributed by atoms with van der Waals surface area (Å²) in [5.41, 5.74) is 2.67. The van der Waals surface area contributed by atoms with E-state index in [9.17, 15) is 14.0 Å². The maximum absolute atomic E-state index is 12.8. The van der Waals surface area contributed by atoms with Crippen molar-refractivity contribution >= 4 is 17.6 Å². The molecule has 1 aromatic carbocycles. The average Bonchev–Trinajstić information content (AvgIpc) is 2.82. The van der Waals surface area contributed by atoms with Crippen LogP contribution in [0.1, 0.15) is 41.6 Å². The standard InChI is InChI=1S/C18H21FN2O3/c1-11(2)21-12(3)9-16(13(21)4)18(23)24-10-17(22)20-15-7-5-14(19)6-8-15/h5-9,11H,10H2,1-4H3,(H,20,22). The van der Waals surface area contributed by atoms with Crippen molar-refractivity contribution < 1.29 is 18.7 Å². The average molecular weight is 332 g/mol. The Morgan fingerprint density at radius 1 is 1.21 bits per heavy atom.